The van der Waals surface area contributed by atoms with Crippen molar-refractivity contribution >= 4 is 8.53 Å². The topological polar surface area (TPSA) is 35.3 Å². The van der Waals surface area contributed by atoms with Crippen LogP contribution < -0.4 is 0 Å². The van der Waals surface area contributed by atoms with Crippen molar-refractivity contribution in [3.63, 3.8) is 0 Å². The third-order valence-electron chi connectivity index (χ3n) is 2.89. The van der Waals surface area contributed by atoms with Crippen molar-refractivity contribution in [3.8, 4) is 0 Å². The molecule has 0 aromatic carbocycles. The van der Waals surface area contributed by atoms with E-state index in [1.54, 1.807) is 0 Å². The highest BCUT2D eigenvalue weighted by Gasteiger charge is 2.34. The Kier molecular flexibility index (Phi) is 6.55. The zero-order valence-electron chi connectivity index (χ0n) is 14.8. The van der Waals surface area contributed by atoms with Gasteiger partial charge in [0.25, 0.3) is 8.53 Å². The Morgan fingerprint density at radius 1 is 1.55 bits per heavy atom. The van der Waals surface area contributed by atoms with Crippen LogP contribution in [0.3, 0.4) is 0 Å². The van der Waals surface area contributed by atoms with E-state index in [1.165, 1.54) is 0 Å². The van der Waals surface area contributed by atoms with Crippen LogP contribution in [-0.2, 0) is 13.8 Å². The molecule has 20 heavy (non-hydrogen) atoms. The van der Waals surface area contributed by atoms with Crippen molar-refractivity contribution in [2.75, 3.05) is 19.7 Å². The summed E-state index contributed by atoms with van der Waals surface area (Å²) < 4.78 is 34.7. The van der Waals surface area contributed by atoms with Gasteiger partial charge in [-0.3, -0.25) is 0 Å². The van der Waals surface area contributed by atoms with Crippen LogP contribution in [0.25, 0.3) is 4.85 Å². The summed E-state index contributed by atoms with van der Waals surface area (Å²) in [6.07, 6.45) is -0.212. The Morgan fingerprint density at radius 3 is 2.80 bits per heavy atom. The molecule has 0 saturated carbocycles. The highest BCUT2D eigenvalue weighted by Crippen LogP contribution is 2.48. The second-order valence-electron chi connectivity index (χ2n) is 5.24. The fraction of sp³-hybridized carbons (Fsp3) is 0.929. The van der Waals surface area contributed by atoms with E-state index >= 15 is 0 Å². The number of ether oxygens (including phenoxy) is 1. The molecule has 0 aliphatic carbocycles. The monoisotopic (exact) mass is 305 g/mol. The summed E-state index contributed by atoms with van der Waals surface area (Å²) in [5.41, 5.74) is 0. The maximum atomic E-state index is 7.71. The highest BCUT2D eigenvalue weighted by molar-refractivity contribution is 7.44. The summed E-state index contributed by atoms with van der Waals surface area (Å²) >= 11 is 0. The molecule has 1 aliphatic heterocycles. The molecule has 0 aromatic heterocycles. The van der Waals surface area contributed by atoms with E-state index in [1.807, 2.05) is 0 Å². The summed E-state index contributed by atoms with van der Waals surface area (Å²) in [6.45, 7) is 15.3. The largest absolute Gasteiger partial charge is 0.376 e. The lowest BCUT2D eigenvalue weighted by Gasteiger charge is -2.37. The summed E-state index contributed by atoms with van der Waals surface area (Å²) in [6, 6.07) is 0.477. The van der Waals surface area contributed by atoms with E-state index in [4.69, 9.17) is 23.1 Å². The predicted molar refractivity (Wildman–Crippen MR) is 81.4 cm³/mol. The third-order valence-corrected chi connectivity index (χ3v) is 5.05. The molecule has 1 heterocycles. The molecule has 2 unspecified atom stereocenters. The maximum absolute atomic E-state index is 7.71. The molecule has 6 heteroatoms. The average molecular weight is 305 g/mol. The smallest absolute Gasteiger partial charge is 0.259 e. The van der Waals surface area contributed by atoms with Crippen LogP contribution in [0.5, 0.6) is 0 Å². The van der Waals surface area contributed by atoms with Crippen LogP contribution in [0.4, 0.5) is 0 Å². The van der Waals surface area contributed by atoms with Crippen molar-refractivity contribution in [1.82, 2.24) is 4.67 Å². The first kappa shape index (κ1) is 14.7. The Morgan fingerprint density at radius 2 is 2.25 bits per heavy atom. The zero-order valence-corrected chi connectivity index (χ0v) is 13.7. The first-order valence-electron chi connectivity index (χ1n) is 8.27. The Hall–Kier alpha value is -0.240. The minimum absolute atomic E-state index is 0.0780. The zero-order chi connectivity index (χ0) is 16.7. The molecule has 116 valence electrons. The summed E-state index contributed by atoms with van der Waals surface area (Å²) in [5, 5.41) is 0. The van der Waals surface area contributed by atoms with Crippen LogP contribution in [0.15, 0.2) is 0 Å². The molecule has 4 atom stereocenters. The summed E-state index contributed by atoms with van der Waals surface area (Å²) in [7, 11) is -1.33. The SMILES string of the molecule is [2H]C[C@H]1O[C@H]([3H])CC1OP(OCC[N+]#[C-])N(C(C)C)C(C)C. The van der Waals surface area contributed by atoms with Crippen molar-refractivity contribution in [2.45, 2.75) is 65.3 Å². The molecule has 1 fully saturated rings. The Bertz CT molecular complexity index is 360. The second-order valence-corrected chi connectivity index (χ2v) is 6.65. The molecule has 1 rings (SSSR count). The highest BCUT2D eigenvalue weighted by atomic mass is 31.2. The molecule has 0 spiro atoms. The van der Waals surface area contributed by atoms with Crippen molar-refractivity contribution in [3.05, 3.63) is 11.4 Å². The van der Waals surface area contributed by atoms with E-state index in [0.717, 1.165) is 0 Å². The van der Waals surface area contributed by atoms with Gasteiger partial charge in [-0.2, -0.15) is 0 Å². The van der Waals surface area contributed by atoms with Gasteiger partial charge in [-0.25, -0.2) is 11.2 Å². The minimum atomic E-state index is -1.33. The van der Waals surface area contributed by atoms with Crippen LogP contribution in [0.2, 0.25) is 0 Å². The lowest BCUT2D eigenvalue weighted by atomic mass is 10.2. The maximum Gasteiger partial charge on any atom is 0.259 e. The van der Waals surface area contributed by atoms with Crippen LogP contribution in [0, 0.1) is 6.57 Å². The van der Waals surface area contributed by atoms with Gasteiger partial charge >= 0.3 is 0 Å². The van der Waals surface area contributed by atoms with E-state index in [-0.39, 0.29) is 31.2 Å². The molecule has 0 N–H and O–H groups in total. The Labute approximate surface area is 127 Å². The third kappa shape index (κ3) is 5.27. The predicted octanol–water partition coefficient (Wildman–Crippen LogP) is 3.46. The first-order chi connectivity index (χ1) is 10.4. The molecule has 0 radical (unpaired) electrons. The van der Waals surface area contributed by atoms with Gasteiger partial charge in [-0.1, -0.05) is 0 Å². The molecule has 1 aliphatic rings. The molecule has 0 aromatic rings. The minimum Gasteiger partial charge on any atom is -0.376 e. The van der Waals surface area contributed by atoms with E-state index in [9.17, 15) is 0 Å². The Balaban J connectivity index is 2.78. The van der Waals surface area contributed by atoms with Gasteiger partial charge in [0.1, 0.15) is 6.61 Å². The fourth-order valence-corrected chi connectivity index (χ4v) is 3.78. The normalized spacial score (nSPS) is 29.6. The summed E-state index contributed by atoms with van der Waals surface area (Å²) in [5.74, 6) is 0. The molecule has 0 amide bonds. The van der Waals surface area contributed by atoms with E-state index < -0.39 is 15.1 Å². The number of hydrogen-bond acceptors (Lipinski definition) is 4. The lowest BCUT2D eigenvalue weighted by Crippen LogP contribution is -2.35. The van der Waals surface area contributed by atoms with Gasteiger partial charge in [-0.15, -0.1) is 0 Å². The first-order valence-corrected chi connectivity index (χ1v) is 8.11. The van der Waals surface area contributed by atoms with Crippen molar-refractivity contribution < 1.29 is 16.5 Å². The van der Waals surface area contributed by atoms with Crippen LogP contribution >= 0.6 is 8.53 Å². The molecular weight excluding hydrogens is 275 g/mol. The van der Waals surface area contributed by atoms with Gasteiger partial charge in [0.2, 0.25) is 6.54 Å². The number of rotatable bonds is 8. The number of hydrogen-bond donors (Lipinski definition) is 0. The van der Waals surface area contributed by atoms with Gasteiger partial charge in [0.15, 0.2) is 0 Å². The van der Waals surface area contributed by atoms with Crippen LogP contribution in [-0.4, -0.2) is 48.7 Å². The summed E-state index contributed by atoms with van der Waals surface area (Å²) in [4.78, 5) is 3.31. The van der Waals surface area contributed by atoms with Crippen molar-refractivity contribution in [1.29, 1.82) is 0 Å². The quantitative estimate of drug-likeness (QED) is 0.391. The average Bonchev–Trinajstić information content (AvgIpc) is 2.78. The lowest BCUT2D eigenvalue weighted by molar-refractivity contribution is 0.0548. The standard InChI is InChI=1S/C14H27N2O3P/c1-11(2)16(12(3)4)20(18-10-8-15-6)19-14-7-9-17-13(14)5/h11-14H,7-10H2,1-5H3/t13-,14?,20?/m1/s1/i5D,9T/t9-,13-,14?,20?. The fourth-order valence-electron chi connectivity index (χ4n) is 2.03. The second kappa shape index (κ2) is 8.92. The van der Waals surface area contributed by atoms with Crippen molar-refractivity contribution in [2.24, 2.45) is 0 Å². The van der Waals surface area contributed by atoms with E-state index in [0.29, 0.717) is 19.6 Å². The molecular formula is C14H27N2O3P. The van der Waals surface area contributed by atoms with Gasteiger partial charge in [-0.05, 0) is 41.0 Å². The van der Waals surface area contributed by atoms with Gasteiger partial charge in [0.05, 0.1) is 13.6 Å². The van der Waals surface area contributed by atoms with Crippen LogP contribution in [0.1, 0.15) is 43.8 Å². The molecule has 5 nitrogen and oxygen atoms in total. The number of nitrogens with zero attached hydrogens (tertiary/aromatic N) is 2. The van der Waals surface area contributed by atoms with Gasteiger partial charge < -0.3 is 18.6 Å². The molecule has 1 saturated heterocycles. The molecule has 0 bridgehead atoms. The van der Waals surface area contributed by atoms with Gasteiger partial charge in [0, 0.05) is 20.0 Å². The van der Waals surface area contributed by atoms with E-state index in [2.05, 4.69) is 37.2 Å².